The number of para-hydroxylation sites is 1. The Morgan fingerprint density at radius 2 is 1.89 bits per heavy atom. The van der Waals surface area contributed by atoms with Crippen LogP contribution in [0.3, 0.4) is 0 Å². The molecule has 0 spiro atoms. The molecule has 0 saturated heterocycles. The summed E-state index contributed by atoms with van der Waals surface area (Å²) < 4.78 is 18.0. The number of hydrogen-bond acceptors (Lipinski definition) is 7. The first-order valence-corrected chi connectivity index (χ1v) is 11.7. The van der Waals surface area contributed by atoms with E-state index in [-0.39, 0.29) is 19.0 Å². The van der Waals surface area contributed by atoms with E-state index in [4.69, 9.17) is 13.9 Å². The second-order valence-corrected chi connectivity index (χ2v) is 8.06. The van der Waals surface area contributed by atoms with Crippen LogP contribution < -0.4 is 15.0 Å². The molecule has 4 rings (SSSR count). The van der Waals surface area contributed by atoms with Crippen LogP contribution >= 0.6 is 0 Å². The lowest BCUT2D eigenvalue weighted by Gasteiger charge is -2.30. The van der Waals surface area contributed by atoms with Gasteiger partial charge in [0.2, 0.25) is 5.91 Å². The van der Waals surface area contributed by atoms with Crippen LogP contribution in [0.5, 0.6) is 5.75 Å². The fraction of sp³-hybridized carbons (Fsp3) is 0.308. The van der Waals surface area contributed by atoms with Crippen molar-refractivity contribution in [1.82, 2.24) is 20.3 Å². The van der Waals surface area contributed by atoms with Gasteiger partial charge in [0.05, 0.1) is 18.7 Å². The average Bonchev–Trinajstić information content (AvgIpc) is 3.49. The van der Waals surface area contributed by atoms with Gasteiger partial charge in [-0.2, -0.15) is 0 Å². The third-order valence-corrected chi connectivity index (χ3v) is 5.54. The van der Waals surface area contributed by atoms with Crippen molar-refractivity contribution in [3.8, 4) is 5.75 Å². The van der Waals surface area contributed by atoms with Gasteiger partial charge in [-0.05, 0) is 62.4 Å². The molecule has 2 aromatic carbocycles. The maximum Gasteiger partial charge on any atom is 0.251 e. The van der Waals surface area contributed by atoms with Crippen LogP contribution in [0.1, 0.15) is 24.5 Å². The van der Waals surface area contributed by atoms with E-state index < -0.39 is 11.9 Å². The second-order valence-electron chi connectivity index (χ2n) is 8.06. The number of furan rings is 1. The van der Waals surface area contributed by atoms with Crippen LogP contribution in [0.2, 0.25) is 0 Å². The molecule has 0 radical (unpaired) electrons. The van der Waals surface area contributed by atoms with Crippen LogP contribution in [0.25, 0.3) is 11.0 Å². The number of fused-ring (bicyclic) bond motifs is 1. The van der Waals surface area contributed by atoms with Gasteiger partial charge in [0.1, 0.15) is 29.3 Å². The predicted octanol–water partition coefficient (Wildman–Crippen LogP) is 3.27. The Hall–Kier alpha value is -4.18. The SMILES string of the molecule is CCOc1ccc(N(C(=O)Cn2nnc3ccccc32)C(C(=O)NCCOC)c2ccc(C)o2)cc1. The summed E-state index contributed by atoms with van der Waals surface area (Å²) in [5.74, 6) is 0.864. The molecule has 2 amide bonds. The monoisotopic (exact) mass is 491 g/mol. The van der Waals surface area contributed by atoms with E-state index in [0.29, 0.717) is 47.2 Å². The van der Waals surface area contributed by atoms with Crippen molar-refractivity contribution in [2.24, 2.45) is 0 Å². The third-order valence-electron chi connectivity index (χ3n) is 5.54. The van der Waals surface area contributed by atoms with E-state index in [2.05, 4.69) is 15.6 Å². The molecule has 10 nitrogen and oxygen atoms in total. The summed E-state index contributed by atoms with van der Waals surface area (Å²) in [6, 6.07) is 16.8. The van der Waals surface area contributed by atoms with Crippen molar-refractivity contribution in [2.75, 3.05) is 31.8 Å². The van der Waals surface area contributed by atoms with Gasteiger partial charge in [0.15, 0.2) is 6.04 Å². The molecule has 0 aliphatic carbocycles. The molecule has 4 aromatic rings. The molecule has 2 heterocycles. The lowest BCUT2D eigenvalue weighted by molar-refractivity contribution is -0.127. The Labute approximate surface area is 208 Å². The fourth-order valence-corrected chi connectivity index (χ4v) is 3.89. The van der Waals surface area contributed by atoms with Gasteiger partial charge >= 0.3 is 0 Å². The summed E-state index contributed by atoms with van der Waals surface area (Å²) in [5, 5.41) is 11.1. The molecule has 0 saturated carbocycles. The van der Waals surface area contributed by atoms with Crippen molar-refractivity contribution < 1.29 is 23.5 Å². The molecule has 188 valence electrons. The van der Waals surface area contributed by atoms with E-state index in [1.807, 2.05) is 31.2 Å². The highest BCUT2D eigenvalue weighted by Gasteiger charge is 2.35. The topological polar surface area (TPSA) is 112 Å². The number of anilines is 1. The number of nitrogens with zero attached hydrogens (tertiary/aromatic N) is 4. The molecule has 0 bridgehead atoms. The van der Waals surface area contributed by atoms with Gasteiger partial charge in [-0.15, -0.1) is 5.10 Å². The summed E-state index contributed by atoms with van der Waals surface area (Å²) in [4.78, 5) is 28.8. The number of aromatic nitrogens is 3. The normalized spacial score (nSPS) is 11.9. The van der Waals surface area contributed by atoms with Gasteiger partial charge in [-0.3, -0.25) is 14.5 Å². The van der Waals surface area contributed by atoms with Crippen LogP contribution in [-0.4, -0.2) is 53.7 Å². The molecule has 1 atom stereocenters. The van der Waals surface area contributed by atoms with E-state index >= 15 is 0 Å². The van der Waals surface area contributed by atoms with E-state index in [9.17, 15) is 9.59 Å². The largest absolute Gasteiger partial charge is 0.494 e. The zero-order valence-corrected chi connectivity index (χ0v) is 20.5. The van der Waals surface area contributed by atoms with Crippen molar-refractivity contribution in [1.29, 1.82) is 0 Å². The Bertz CT molecular complexity index is 1310. The van der Waals surface area contributed by atoms with Crippen molar-refractivity contribution >= 4 is 28.5 Å². The number of aryl methyl sites for hydroxylation is 1. The first-order valence-electron chi connectivity index (χ1n) is 11.7. The molecule has 0 aliphatic heterocycles. The number of hydrogen-bond donors (Lipinski definition) is 1. The molecule has 0 aliphatic rings. The minimum Gasteiger partial charge on any atom is -0.494 e. The van der Waals surface area contributed by atoms with Crippen molar-refractivity contribution in [3.63, 3.8) is 0 Å². The lowest BCUT2D eigenvalue weighted by Crippen LogP contribution is -2.45. The Kier molecular flexibility index (Phi) is 7.96. The van der Waals surface area contributed by atoms with Crippen LogP contribution in [-0.2, 0) is 20.9 Å². The van der Waals surface area contributed by atoms with Crippen molar-refractivity contribution in [3.05, 3.63) is 72.2 Å². The summed E-state index contributed by atoms with van der Waals surface area (Å²) in [5.41, 5.74) is 1.90. The standard InChI is InChI=1S/C26H29N5O5/c1-4-35-20-12-10-19(11-13-20)31(24(32)17-30-22-8-6-5-7-21(22)28-29-30)25(23-14-9-18(2)36-23)26(33)27-15-16-34-3/h5-14,25H,4,15-17H2,1-3H3,(H,27,33). The minimum absolute atomic E-state index is 0.130. The van der Waals surface area contributed by atoms with Gasteiger partial charge in [-0.1, -0.05) is 17.3 Å². The smallest absolute Gasteiger partial charge is 0.251 e. The van der Waals surface area contributed by atoms with E-state index in [0.717, 1.165) is 0 Å². The van der Waals surface area contributed by atoms with E-state index in [1.54, 1.807) is 50.4 Å². The number of ether oxygens (including phenoxy) is 2. The first-order chi connectivity index (χ1) is 17.5. The fourth-order valence-electron chi connectivity index (χ4n) is 3.89. The van der Waals surface area contributed by atoms with Crippen molar-refractivity contribution in [2.45, 2.75) is 26.4 Å². The predicted molar refractivity (Wildman–Crippen MR) is 134 cm³/mol. The van der Waals surface area contributed by atoms with Crippen LogP contribution in [0.4, 0.5) is 5.69 Å². The third kappa shape index (κ3) is 5.55. The van der Waals surface area contributed by atoms with Gasteiger partial charge in [0, 0.05) is 19.3 Å². The quantitative estimate of drug-likeness (QED) is 0.321. The maximum atomic E-state index is 13.9. The molecule has 0 fully saturated rings. The number of carbonyl (C=O) groups excluding carboxylic acids is 2. The highest BCUT2D eigenvalue weighted by molar-refractivity contribution is 6.01. The Balaban J connectivity index is 1.75. The van der Waals surface area contributed by atoms with Gasteiger partial charge in [-0.25, -0.2) is 4.68 Å². The second kappa shape index (κ2) is 11.5. The molecular weight excluding hydrogens is 462 g/mol. The lowest BCUT2D eigenvalue weighted by atomic mass is 10.1. The van der Waals surface area contributed by atoms with Crippen LogP contribution in [0, 0.1) is 6.92 Å². The number of benzene rings is 2. The molecule has 10 heteroatoms. The Morgan fingerprint density at radius 3 is 2.58 bits per heavy atom. The summed E-state index contributed by atoms with van der Waals surface area (Å²) >= 11 is 0. The zero-order chi connectivity index (χ0) is 25.5. The highest BCUT2D eigenvalue weighted by atomic mass is 16.5. The number of methoxy groups -OCH3 is 1. The van der Waals surface area contributed by atoms with E-state index in [1.165, 1.54) is 9.58 Å². The number of amides is 2. The molecule has 1 N–H and O–H groups in total. The number of carbonyl (C=O) groups is 2. The highest BCUT2D eigenvalue weighted by Crippen LogP contribution is 2.31. The maximum absolute atomic E-state index is 13.9. The zero-order valence-electron chi connectivity index (χ0n) is 20.5. The molecule has 36 heavy (non-hydrogen) atoms. The average molecular weight is 492 g/mol. The van der Waals surface area contributed by atoms with Gasteiger partial charge < -0.3 is 19.2 Å². The van der Waals surface area contributed by atoms with Gasteiger partial charge in [0.25, 0.3) is 5.91 Å². The number of rotatable bonds is 11. The first kappa shape index (κ1) is 24.9. The molecular formula is C26H29N5O5. The minimum atomic E-state index is -1.06. The number of nitrogens with one attached hydrogen (secondary N) is 1. The van der Waals surface area contributed by atoms with Crippen LogP contribution in [0.15, 0.2) is 65.1 Å². The summed E-state index contributed by atoms with van der Waals surface area (Å²) in [7, 11) is 1.55. The summed E-state index contributed by atoms with van der Waals surface area (Å²) in [6.07, 6.45) is 0. The summed E-state index contributed by atoms with van der Waals surface area (Å²) in [6.45, 7) is 4.68. The molecule has 1 unspecified atom stereocenters. The Morgan fingerprint density at radius 1 is 1.11 bits per heavy atom. The molecule has 2 aromatic heterocycles.